The van der Waals surface area contributed by atoms with Gasteiger partial charge in [0.25, 0.3) is 0 Å². The van der Waals surface area contributed by atoms with Gasteiger partial charge in [0.2, 0.25) is 0 Å². The molecule has 2 rings (SSSR count). The molecule has 1 fully saturated rings. The number of ether oxygens (including phenoxy) is 1. The average molecular weight is 249 g/mol. The molecule has 1 saturated carbocycles. The van der Waals surface area contributed by atoms with Gasteiger partial charge in [-0.05, 0) is 50.4 Å². The van der Waals surface area contributed by atoms with Crippen LogP contribution in [0.15, 0.2) is 24.3 Å². The highest BCUT2D eigenvalue weighted by Gasteiger charge is 2.16. The second-order valence-electron chi connectivity index (χ2n) is 5.13. The Hall–Kier alpha value is -1.06. The summed E-state index contributed by atoms with van der Waals surface area (Å²) in [4.78, 5) is 2.11. The van der Waals surface area contributed by atoms with Crippen molar-refractivity contribution in [3.05, 3.63) is 29.8 Å². The molecule has 0 radical (unpaired) electrons. The lowest BCUT2D eigenvalue weighted by molar-refractivity contribution is 0.208. The third kappa shape index (κ3) is 4.00. The van der Waals surface area contributed by atoms with Gasteiger partial charge in [0.1, 0.15) is 5.75 Å². The fourth-order valence-corrected chi connectivity index (χ4v) is 2.48. The van der Waals surface area contributed by atoms with Crippen molar-refractivity contribution in [2.45, 2.75) is 38.3 Å². The number of nitrogens with zero attached hydrogens (tertiary/aromatic N) is 1. The molecule has 0 aliphatic heterocycles. The van der Waals surface area contributed by atoms with E-state index in [1.807, 2.05) is 19.2 Å². The van der Waals surface area contributed by atoms with Crippen LogP contribution in [0.4, 0.5) is 0 Å². The minimum absolute atomic E-state index is 0.203. The molecule has 0 saturated heterocycles. The molecule has 0 amide bonds. The Kier molecular flexibility index (Phi) is 5.02. The molecule has 1 aromatic carbocycles. The van der Waals surface area contributed by atoms with Crippen LogP contribution in [0.5, 0.6) is 5.75 Å². The molecule has 18 heavy (non-hydrogen) atoms. The molecule has 0 unspecified atom stereocenters. The van der Waals surface area contributed by atoms with Crippen molar-refractivity contribution in [1.82, 2.24) is 4.90 Å². The average Bonchev–Trinajstić information content (AvgIpc) is 2.82. The summed E-state index contributed by atoms with van der Waals surface area (Å²) in [6.07, 6.45) is 5.38. The monoisotopic (exact) mass is 249 g/mol. The third-order valence-electron chi connectivity index (χ3n) is 3.44. The van der Waals surface area contributed by atoms with Gasteiger partial charge in [0.15, 0.2) is 0 Å². The predicted octanol–water partition coefficient (Wildman–Crippen LogP) is 2.43. The molecule has 1 aliphatic rings. The summed E-state index contributed by atoms with van der Waals surface area (Å²) < 4.78 is 5.99. The number of aliphatic hydroxyl groups excluding tert-OH is 1. The molecule has 1 aromatic rings. The highest BCUT2D eigenvalue weighted by atomic mass is 16.5. The maximum absolute atomic E-state index is 8.89. The highest BCUT2D eigenvalue weighted by molar-refractivity contribution is 5.28. The zero-order chi connectivity index (χ0) is 12.8. The molecule has 100 valence electrons. The van der Waals surface area contributed by atoms with Gasteiger partial charge in [-0.25, -0.2) is 0 Å². The van der Waals surface area contributed by atoms with Crippen molar-refractivity contribution < 1.29 is 9.84 Å². The van der Waals surface area contributed by atoms with Crippen LogP contribution in [0, 0.1) is 0 Å². The molecule has 3 nitrogen and oxygen atoms in total. The second-order valence-corrected chi connectivity index (χ2v) is 5.13. The van der Waals surface area contributed by atoms with E-state index in [0.717, 1.165) is 12.3 Å². The second kappa shape index (κ2) is 6.76. The van der Waals surface area contributed by atoms with E-state index in [1.54, 1.807) is 0 Å². The minimum atomic E-state index is 0.203. The number of rotatable bonds is 6. The maximum atomic E-state index is 8.89. The first-order valence-corrected chi connectivity index (χ1v) is 6.83. The van der Waals surface area contributed by atoms with E-state index in [1.165, 1.54) is 31.2 Å². The van der Waals surface area contributed by atoms with Crippen LogP contribution in [0.1, 0.15) is 31.2 Å². The van der Waals surface area contributed by atoms with E-state index in [9.17, 15) is 0 Å². The first-order valence-electron chi connectivity index (χ1n) is 6.83. The van der Waals surface area contributed by atoms with E-state index < -0.39 is 0 Å². The molecule has 0 aromatic heterocycles. The molecular weight excluding hydrogens is 226 g/mol. The molecule has 0 atom stereocenters. The van der Waals surface area contributed by atoms with Crippen LogP contribution in [-0.2, 0) is 6.54 Å². The van der Waals surface area contributed by atoms with Crippen molar-refractivity contribution in [2.24, 2.45) is 0 Å². The van der Waals surface area contributed by atoms with Crippen LogP contribution < -0.4 is 4.74 Å². The van der Waals surface area contributed by atoms with E-state index in [4.69, 9.17) is 9.84 Å². The lowest BCUT2D eigenvalue weighted by Crippen LogP contribution is -2.21. The standard InChI is InChI=1S/C15H23NO2/c1-16(9-10-17)12-13-5-4-8-15(11-13)18-14-6-2-3-7-14/h4-5,8,11,14,17H,2-3,6-7,9-10,12H2,1H3. The van der Waals surface area contributed by atoms with Gasteiger partial charge in [-0.2, -0.15) is 0 Å². The zero-order valence-electron chi connectivity index (χ0n) is 11.1. The highest BCUT2D eigenvalue weighted by Crippen LogP contribution is 2.24. The number of aliphatic hydroxyl groups is 1. The molecule has 0 bridgehead atoms. The summed E-state index contributed by atoms with van der Waals surface area (Å²) in [5, 5.41) is 8.89. The van der Waals surface area contributed by atoms with Crippen molar-refractivity contribution in [1.29, 1.82) is 0 Å². The Morgan fingerprint density at radius 3 is 2.83 bits per heavy atom. The Morgan fingerprint density at radius 1 is 1.33 bits per heavy atom. The number of likely N-dealkylation sites (N-methyl/N-ethyl adjacent to an activating group) is 1. The normalized spacial score (nSPS) is 16.4. The Bertz CT molecular complexity index is 361. The number of benzene rings is 1. The van der Waals surface area contributed by atoms with Gasteiger partial charge in [-0.3, -0.25) is 4.90 Å². The fraction of sp³-hybridized carbons (Fsp3) is 0.600. The van der Waals surface area contributed by atoms with Crippen molar-refractivity contribution in [3.63, 3.8) is 0 Å². The smallest absolute Gasteiger partial charge is 0.120 e. The van der Waals surface area contributed by atoms with E-state index >= 15 is 0 Å². The molecular formula is C15H23NO2. The molecule has 0 heterocycles. The molecule has 3 heteroatoms. The maximum Gasteiger partial charge on any atom is 0.120 e. The topological polar surface area (TPSA) is 32.7 Å². The van der Waals surface area contributed by atoms with E-state index in [2.05, 4.69) is 17.0 Å². The SMILES string of the molecule is CN(CCO)Cc1cccc(OC2CCCC2)c1. The zero-order valence-corrected chi connectivity index (χ0v) is 11.1. The summed E-state index contributed by atoms with van der Waals surface area (Å²) in [5.74, 6) is 0.983. The van der Waals surface area contributed by atoms with Crippen LogP contribution in [0.25, 0.3) is 0 Å². The Labute approximate surface area is 109 Å². The van der Waals surface area contributed by atoms with Crippen LogP contribution in [0.3, 0.4) is 0 Å². The molecule has 1 N–H and O–H groups in total. The van der Waals surface area contributed by atoms with Gasteiger partial charge < -0.3 is 9.84 Å². The fourth-order valence-electron chi connectivity index (χ4n) is 2.48. The van der Waals surface area contributed by atoms with Crippen LogP contribution in [-0.4, -0.2) is 36.3 Å². The number of hydrogen-bond acceptors (Lipinski definition) is 3. The van der Waals surface area contributed by atoms with Crippen LogP contribution in [0.2, 0.25) is 0 Å². The Balaban J connectivity index is 1.91. The van der Waals surface area contributed by atoms with Crippen molar-refractivity contribution in [2.75, 3.05) is 20.2 Å². The Morgan fingerprint density at radius 2 is 2.11 bits per heavy atom. The quantitative estimate of drug-likeness (QED) is 0.840. The van der Waals surface area contributed by atoms with Crippen LogP contribution >= 0.6 is 0 Å². The first-order chi connectivity index (χ1) is 8.78. The molecule has 1 aliphatic carbocycles. The molecule has 0 spiro atoms. The lowest BCUT2D eigenvalue weighted by atomic mass is 10.2. The van der Waals surface area contributed by atoms with E-state index in [0.29, 0.717) is 12.6 Å². The minimum Gasteiger partial charge on any atom is -0.490 e. The summed E-state index contributed by atoms with van der Waals surface area (Å²) in [5.41, 5.74) is 1.24. The lowest BCUT2D eigenvalue weighted by Gasteiger charge is -2.17. The van der Waals surface area contributed by atoms with Crippen molar-refractivity contribution in [3.8, 4) is 5.75 Å². The van der Waals surface area contributed by atoms with Gasteiger partial charge >= 0.3 is 0 Å². The van der Waals surface area contributed by atoms with Gasteiger partial charge in [0, 0.05) is 13.1 Å². The van der Waals surface area contributed by atoms with Gasteiger partial charge in [0.05, 0.1) is 12.7 Å². The summed E-state index contributed by atoms with van der Waals surface area (Å²) in [6.45, 7) is 1.75. The predicted molar refractivity (Wildman–Crippen MR) is 72.7 cm³/mol. The summed E-state index contributed by atoms with van der Waals surface area (Å²) in [6, 6.07) is 8.31. The van der Waals surface area contributed by atoms with Gasteiger partial charge in [-0.15, -0.1) is 0 Å². The van der Waals surface area contributed by atoms with Crippen molar-refractivity contribution >= 4 is 0 Å². The van der Waals surface area contributed by atoms with E-state index in [-0.39, 0.29) is 6.61 Å². The van der Waals surface area contributed by atoms with Gasteiger partial charge in [-0.1, -0.05) is 12.1 Å². The number of hydrogen-bond donors (Lipinski definition) is 1. The summed E-state index contributed by atoms with van der Waals surface area (Å²) >= 11 is 0. The summed E-state index contributed by atoms with van der Waals surface area (Å²) in [7, 11) is 2.01. The first kappa shape index (κ1) is 13.4. The largest absolute Gasteiger partial charge is 0.490 e. The third-order valence-corrected chi connectivity index (χ3v) is 3.44.